The van der Waals surface area contributed by atoms with E-state index in [9.17, 15) is 10.1 Å². The number of halogens is 3. The Kier molecular flexibility index (Phi) is 4.70. The topological polar surface area (TPSA) is 52.4 Å². The van der Waals surface area contributed by atoms with E-state index in [2.05, 4.69) is 0 Å². The van der Waals surface area contributed by atoms with Crippen LogP contribution in [0.2, 0.25) is 15.1 Å². The molecule has 0 amide bonds. The lowest BCUT2D eigenvalue weighted by Gasteiger charge is -2.09. The second kappa shape index (κ2) is 6.31. The van der Waals surface area contributed by atoms with Gasteiger partial charge in [0.15, 0.2) is 0 Å². The first-order valence-corrected chi connectivity index (χ1v) is 6.62. The van der Waals surface area contributed by atoms with Gasteiger partial charge < -0.3 is 4.74 Å². The Bertz CT molecular complexity index is 661. The standard InChI is InChI=1S/C13H8Cl3NO3/c14-10-5-4-9(17(18)19)6-12(10)20-7-8-2-1-3-11(15)13(8)16/h1-6H,7H2. The number of nitro groups is 1. The first-order valence-electron chi connectivity index (χ1n) is 5.48. The highest BCUT2D eigenvalue weighted by atomic mass is 35.5. The van der Waals surface area contributed by atoms with Crippen LogP contribution in [0.3, 0.4) is 0 Å². The molecule has 2 rings (SSSR count). The van der Waals surface area contributed by atoms with Crippen molar-refractivity contribution >= 4 is 40.5 Å². The second-order valence-corrected chi connectivity index (χ2v) is 5.07. The Balaban J connectivity index is 2.20. The van der Waals surface area contributed by atoms with Crippen LogP contribution in [0.5, 0.6) is 5.75 Å². The smallest absolute Gasteiger partial charge is 0.273 e. The highest BCUT2D eigenvalue weighted by Crippen LogP contribution is 2.31. The zero-order valence-electron chi connectivity index (χ0n) is 9.98. The molecule has 7 heteroatoms. The number of rotatable bonds is 4. The zero-order valence-corrected chi connectivity index (χ0v) is 12.2. The highest BCUT2D eigenvalue weighted by Gasteiger charge is 2.12. The lowest BCUT2D eigenvalue weighted by molar-refractivity contribution is -0.384. The van der Waals surface area contributed by atoms with Gasteiger partial charge in [-0.1, -0.05) is 46.9 Å². The van der Waals surface area contributed by atoms with Gasteiger partial charge in [0.05, 0.1) is 26.1 Å². The normalized spacial score (nSPS) is 10.3. The molecule has 4 nitrogen and oxygen atoms in total. The molecular weight excluding hydrogens is 325 g/mol. The number of nitrogens with zero attached hydrogens (tertiary/aromatic N) is 1. The fourth-order valence-electron chi connectivity index (χ4n) is 1.53. The summed E-state index contributed by atoms with van der Waals surface area (Å²) in [7, 11) is 0. The van der Waals surface area contributed by atoms with E-state index in [0.717, 1.165) is 0 Å². The minimum atomic E-state index is -0.518. The maximum atomic E-state index is 10.7. The summed E-state index contributed by atoms with van der Waals surface area (Å²) in [5.74, 6) is 0.219. The number of benzene rings is 2. The fraction of sp³-hybridized carbons (Fsp3) is 0.0769. The molecule has 0 aromatic heterocycles. The van der Waals surface area contributed by atoms with E-state index in [1.54, 1.807) is 18.2 Å². The monoisotopic (exact) mass is 331 g/mol. The van der Waals surface area contributed by atoms with Gasteiger partial charge in [-0.15, -0.1) is 0 Å². The van der Waals surface area contributed by atoms with E-state index in [1.165, 1.54) is 18.2 Å². The molecule has 0 spiro atoms. The van der Waals surface area contributed by atoms with E-state index < -0.39 is 4.92 Å². The summed E-state index contributed by atoms with van der Waals surface area (Å²) in [6.45, 7) is 0.111. The summed E-state index contributed by atoms with van der Waals surface area (Å²) in [5.41, 5.74) is 0.573. The molecule has 0 aliphatic carbocycles. The lowest BCUT2D eigenvalue weighted by atomic mass is 10.2. The maximum Gasteiger partial charge on any atom is 0.273 e. The molecule has 104 valence electrons. The van der Waals surface area contributed by atoms with Crippen molar-refractivity contribution in [2.24, 2.45) is 0 Å². The van der Waals surface area contributed by atoms with Crippen molar-refractivity contribution in [1.29, 1.82) is 0 Å². The molecule has 0 fully saturated rings. The summed E-state index contributed by atoms with van der Waals surface area (Å²) in [5, 5.41) is 11.8. The first-order chi connectivity index (χ1) is 9.49. The van der Waals surface area contributed by atoms with Gasteiger partial charge in [-0.3, -0.25) is 10.1 Å². The van der Waals surface area contributed by atoms with Gasteiger partial charge in [0.1, 0.15) is 12.4 Å². The first kappa shape index (κ1) is 14.9. The molecule has 20 heavy (non-hydrogen) atoms. The molecule has 0 saturated carbocycles. The van der Waals surface area contributed by atoms with Gasteiger partial charge in [-0.25, -0.2) is 0 Å². The van der Waals surface area contributed by atoms with Crippen LogP contribution in [-0.2, 0) is 6.61 Å². The Labute approximate surface area is 130 Å². The molecule has 0 bridgehead atoms. The number of hydrogen-bond donors (Lipinski definition) is 0. The molecule has 0 saturated heterocycles. The van der Waals surface area contributed by atoms with E-state index in [-0.39, 0.29) is 23.1 Å². The average molecular weight is 333 g/mol. The predicted octanol–water partition coefficient (Wildman–Crippen LogP) is 5.13. The molecule has 0 heterocycles. The highest BCUT2D eigenvalue weighted by molar-refractivity contribution is 6.42. The third kappa shape index (κ3) is 3.33. The second-order valence-electron chi connectivity index (χ2n) is 3.87. The molecule has 0 atom stereocenters. The van der Waals surface area contributed by atoms with Crippen LogP contribution in [0.4, 0.5) is 5.69 Å². The SMILES string of the molecule is O=[N+]([O-])c1ccc(Cl)c(OCc2cccc(Cl)c2Cl)c1. The lowest BCUT2D eigenvalue weighted by Crippen LogP contribution is -1.98. The number of ether oxygens (including phenoxy) is 1. The van der Waals surface area contributed by atoms with Crippen molar-refractivity contribution < 1.29 is 9.66 Å². The van der Waals surface area contributed by atoms with E-state index in [0.29, 0.717) is 15.6 Å². The predicted molar refractivity (Wildman–Crippen MR) is 78.9 cm³/mol. The van der Waals surface area contributed by atoms with Crippen molar-refractivity contribution in [3.63, 3.8) is 0 Å². The summed E-state index contributed by atoms with van der Waals surface area (Å²) in [6, 6.07) is 9.13. The maximum absolute atomic E-state index is 10.7. The van der Waals surface area contributed by atoms with Crippen LogP contribution in [0.1, 0.15) is 5.56 Å². The van der Waals surface area contributed by atoms with Crippen LogP contribution in [0, 0.1) is 10.1 Å². The summed E-state index contributed by atoms with van der Waals surface area (Å²) in [6.07, 6.45) is 0. The van der Waals surface area contributed by atoms with Crippen LogP contribution in [0.25, 0.3) is 0 Å². The van der Waals surface area contributed by atoms with E-state index >= 15 is 0 Å². The van der Waals surface area contributed by atoms with Crippen LogP contribution in [-0.4, -0.2) is 4.92 Å². The molecule has 0 N–H and O–H groups in total. The molecule has 2 aromatic carbocycles. The molecule has 0 aliphatic rings. The van der Waals surface area contributed by atoms with E-state index in [1.807, 2.05) is 0 Å². The third-order valence-electron chi connectivity index (χ3n) is 2.54. The minimum Gasteiger partial charge on any atom is -0.487 e. The van der Waals surface area contributed by atoms with Gasteiger partial charge in [0.2, 0.25) is 0 Å². The van der Waals surface area contributed by atoms with Crippen molar-refractivity contribution in [2.75, 3.05) is 0 Å². The van der Waals surface area contributed by atoms with Gasteiger partial charge in [0, 0.05) is 11.6 Å². The van der Waals surface area contributed by atoms with Crippen molar-refractivity contribution in [2.45, 2.75) is 6.61 Å². The summed E-state index contributed by atoms with van der Waals surface area (Å²) >= 11 is 17.9. The summed E-state index contributed by atoms with van der Waals surface area (Å²) in [4.78, 5) is 10.2. The molecule has 0 unspecified atom stereocenters. The number of non-ortho nitro benzene ring substituents is 1. The fourth-order valence-corrected chi connectivity index (χ4v) is 2.08. The molecule has 2 aromatic rings. The molecular formula is C13H8Cl3NO3. The van der Waals surface area contributed by atoms with Crippen LogP contribution in [0.15, 0.2) is 36.4 Å². The van der Waals surface area contributed by atoms with Crippen molar-refractivity contribution in [3.8, 4) is 5.75 Å². The molecule has 0 aliphatic heterocycles. The zero-order chi connectivity index (χ0) is 14.7. The minimum absolute atomic E-state index is 0.0957. The van der Waals surface area contributed by atoms with Gasteiger partial charge in [-0.05, 0) is 12.1 Å². The molecule has 0 radical (unpaired) electrons. The Hall–Kier alpha value is -1.49. The van der Waals surface area contributed by atoms with Gasteiger partial charge in [0.25, 0.3) is 5.69 Å². The summed E-state index contributed by atoms with van der Waals surface area (Å²) < 4.78 is 5.47. The van der Waals surface area contributed by atoms with Gasteiger partial charge in [-0.2, -0.15) is 0 Å². The van der Waals surface area contributed by atoms with E-state index in [4.69, 9.17) is 39.5 Å². The average Bonchev–Trinajstić information content (AvgIpc) is 2.41. The number of nitro benzene ring substituents is 1. The number of hydrogen-bond acceptors (Lipinski definition) is 3. The van der Waals surface area contributed by atoms with Crippen molar-refractivity contribution in [1.82, 2.24) is 0 Å². The Morgan fingerprint density at radius 1 is 1.10 bits per heavy atom. The quantitative estimate of drug-likeness (QED) is 0.576. The van der Waals surface area contributed by atoms with Gasteiger partial charge >= 0.3 is 0 Å². The van der Waals surface area contributed by atoms with Crippen LogP contribution < -0.4 is 4.74 Å². The third-order valence-corrected chi connectivity index (χ3v) is 3.71. The van der Waals surface area contributed by atoms with Crippen molar-refractivity contribution in [3.05, 3.63) is 67.1 Å². The Morgan fingerprint density at radius 2 is 1.85 bits per heavy atom. The Morgan fingerprint density at radius 3 is 2.55 bits per heavy atom. The largest absolute Gasteiger partial charge is 0.487 e. The van der Waals surface area contributed by atoms with Crippen LogP contribution >= 0.6 is 34.8 Å².